The average Bonchev–Trinajstić information content (AvgIpc) is 2.53. The third kappa shape index (κ3) is 5.34. The SMILES string of the molecule is COC1C(C)CC(c2ccncc2N=C=S)CC1NC(=O)OC(C)(C)C. The maximum atomic E-state index is 12.3. The molecule has 0 saturated heterocycles. The fraction of sp³-hybridized carbons (Fsp3) is 0.632. The number of carbonyl (C=O) groups is 1. The lowest BCUT2D eigenvalue weighted by Crippen LogP contribution is -2.51. The van der Waals surface area contributed by atoms with Gasteiger partial charge in [0.2, 0.25) is 0 Å². The van der Waals surface area contributed by atoms with Gasteiger partial charge in [-0.3, -0.25) is 4.98 Å². The molecule has 1 aromatic heterocycles. The molecule has 7 heteroatoms. The standard InChI is InChI=1S/C19H27N3O3S/c1-12-8-13(14-6-7-20-10-16(14)21-11-26)9-15(17(12)24-5)22-18(23)25-19(2,3)4/h6-7,10,12-13,15,17H,8-9H2,1-5H3,(H,22,23). The second-order valence-electron chi connectivity index (χ2n) is 7.74. The Hall–Kier alpha value is -1.82. The maximum absolute atomic E-state index is 12.3. The fourth-order valence-corrected chi connectivity index (χ4v) is 3.75. The van der Waals surface area contributed by atoms with Crippen molar-refractivity contribution in [3.8, 4) is 0 Å². The molecule has 1 fully saturated rings. The van der Waals surface area contributed by atoms with Crippen LogP contribution in [-0.2, 0) is 9.47 Å². The van der Waals surface area contributed by atoms with Crippen LogP contribution in [0, 0.1) is 5.92 Å². The number of thiocarbonyl (C=S) groups is 1. The Morgan fingerprint density at radius 2 is 2.15 bits per heavy atom. The molecule has 1 heterocycles. The summed E-state index contributed by atoms with van der Waals surface area (Å²) in [7, 11) is 1.68. The molecule has 26 heavy (non-hydrogen) atoms. The third-order valence-electron chi connectivity index (χ3n) is 4.57. The van der Waals surface area contributed by atoms with E-state index in [0.29, 0.717) is 0 Å². The van der Waals surface area contributed by atoms with Crippen LogP contribution in [0.2, 0.25) is 0 Å². The van der Waals surface area contributed by atoms with E-state index in [2.05, 4.69) is 27.4 Å². The van der Waals surface area contributed by atoms with Gasteiger partial charge in [-0.1, -0.05) is 6.92 Å². The molecule has 142 valence electrons. The molecule has 4 unspecified atom stereocenters. The van der Waals surface area contributed by atoms with Crippen LogP contribution in [0.4, 0.5) is 10.5 Å². The van der Waals surface area contributed by atoms with E-state index < -0.39 is 11.7 Å². The number of nitrogens with one attached hydrogen (secondary N) is 1. The Labute approximate surface area is 160 Å². The molecule has 0 spiro atoms. The van der Waals surface area contributed by atoms with E-state index in [4.69, 9.17) is 21.7 Å². The van der Waals surface area contributed by atoms with Crippen LogP contribution in [0.15, 0.2) is 23.5 Å². The third-order valence-corrected chi connectivity index (χ3v) is 4.66. The van der Waals surface area contributed by atoms with Gasteiger partial charge in [-0.05, 0) is 69.3 Å². The lowest BCUT2D eigenvalue weighted by atomic mass is 9.74. The number of methoxy groups -OCH3 is 1. The van der Waals surface area contributed by atoms with Gasteiger partial charge in [-0.25, -0.2) is 4.79 Å². The van der Waals surface area contributed by atoms with Crippen molar-refractivity contribution in [2.45, 2.75) is 64.2 Å². The van der Waals surface area contributed by atoms with Crippen molar-refractivity contribution in [1.82, 2.24) is 10.3 Å². The van der Waals surface area contributed by atoms with Gasteiger partial charge in [0.1, 0.15) is 5.60 Å². The number of hydrogen-bond donors (Lipinski definition) is 1. The first-order valence-electron chi connectivity index (χ1n) is 8.79. The van der Waals surface area contributed by atoms with Crippen LogP contribution in [-0.4, -0.2) is 41.1 Å². The number of nitrogens with zero attached hydrogens (tertiary/aromatic N) is 2. The first kappa shape index (κ1) is 20.5. The Kier molecular flexibility index (Phi) is 6.87. The molecule has 0 bridgehead atoms. The summed E-state index contributed by atoms with van der Waals surface area (Å²) in [4.78, 5) is 20.5. The minimum Gasteiger partial charge on any atom is -0.444 e. The topological polar surface area (TPSA) is 72.8 Å². The summed E-state index contributed by atoms with van der Waals surface area (Å²) in [6, 6.07) is 1.81. The number of hydrogen-bond acceptors (Lipinski definition) is 6. The van der Waals surface area contributed by atoms with Gasteiger partial charge in [0, 0.05) is 13.3 Å². The molecular formula is C19H27N3O3S. The maximum Gasteiger partial charge on any atom is 0.407 e. The molecule has 1 N–H and O–H groups in total. The first-order chi connectivity index (χ1) is 12.2. The number of carbonyl (C=O) groups excluding carboxylic acids is 1. The number of ether oxygens (including phenoxy) is 2. The van der Waals surface area contributed by atoms with Crippen molar-refractivity contribution in [3.63, 3.8) is 0 Å². The van der Waals surface area contributed by atoms with E-state index in [1.807, 2.05) is 26.8 Å². The zero-order chi connectivity index (χ0) is 19.3. The zero-order valence-electron chi connectivity index (χ0n) is 16.0. The lowest BCUT2D eigenvalue weighted by molar-refractivity contribution is -0.00869. The van der Waals surface area contributed by atoms with E-state index in [-0.39, 0.29) is 24.0 Å². The lowest BCUT2D eigenvalue weighted by Gasteiger charge is -2.40. The van der Waals surface area contributed by atoms with Crippen molar-refractivity contribution in [1.29, 1.82) is 0 Å². The molecule has 1 saturated carbocycles. The summed E-state index contributed by atoms with van der Waals surface area (Å²) in [6.45, 7) is 7.67. The largest absolute Gasteiger partial charge is 0.444 e. The number of pyridine rings is 1. The summed E-state index contributed by atoms with van der Waals surface area (Å²) >= 11 is 4.75. The van der Waals surface area contributed by atoms with Crippen molar-refractivity contribution in [3.05, 3.63) is 24.0 Å². The average molecular weight is 378 g/mol. The Balaban J connectivity index is 2.22. The Morgan fingerprint density at radius 1 is 1.42 bits per heavy atom. The van der Waals surface area contributed by atoms with Crippen molar-refractivity contribution in [2.75, 3.05) is 7.11 Å². The monoisotopic (exact) mass is 377 g/mol. The van der Waals surface area contributed by atoms with Crippen LogP contribution in [0.25, 0.3) is 0 Å². The highest BCUT2D eigenvalue weighted by atomic mass is 32.1. The molecule has 1 aliphatic rings. The molecule has 1 amide bonds. The highest BCUT2D eigenvalue weighted by Gasteiger charge is 2.38. The quantitative estimate of drug-likeness (QED) is 0.628. The Bertz CT molecular complexity index is 683. The smallest absolute Gasteiger partial charge is 0.407 e. The normalized spacial score (nSPS) is 25.9. The summed E-state index contributed by atoms with van der Waals surface area (Å²) in [5, 5.41) is 5.41. The van der Waals surface area contributed by atoms with Gasteiger partial charge in [-0.2, -0.15) is 4.99 Å². The van der Waals surface area contributed by atoms with Crippen LogP contribution in [0.3, 0.4) is 0 Å². The van der Waals surface area contributed by atoms with Gasteiger partial charge in [0.25, 0.3) is 0 Å². The molecule has 2 rings (SSSR count). The molecule has 1 aromatic rings. The van der Waals surface area contributed by atoms with E-state index in [0.717, 1.165) is 24.1 Å². The minimum absolute atomic E-state index is 0.0712. The number of aliphatic imine (C=N–C) groups is 1. The fourth-order valence-electron chi connectivity index (χ4n) is 3.65. The molecule has 1 aliphatic carbocycles. The van der Waals surface area contributed by atoms with Crippen LogP contribution >= 0.6 is 12.2 Å². The van der Waals surface area contributed by atoms with Gasteiger partial charge >= 0.3 is 6.09 Å². The highest BCUT2D eigenvalue weighted by molar-refractivity contribution is 7.78. The predicted molar refractivity (Wildman–Crippen MR) is 104 cm³/mol. The minimum atomic E-state index is -0.543. The second-order valence-corrected chi connectivity index (χ2v) is 7.92. The van der Waals surface area contributed by atoms with Crippen LogP contribution < -0.4 is 5.32 Å². The van der Waals surface area contributed by atoms with Gasteiger partial charge in [0.05, 0.1) is 29.2 Å². The second kappa shape index (κ2) is 8.71. The molecule has 6 nitrogen and oxygen atoms in total. The zero-order valence-corrected chi connectivity index (χ0v) is 16.8. The summed E-state index contributed by atoms with van der Waals surface area (Å²) in [5.74, 6) is 0.470. The summed E-state index contributed by atoms with van der Waals surface area (Å²) < 4.78 is 11.1. The number of amides is 1. The van der Waals surface area contributed by atoms with E-state index in [1.54, 1.807) is 19.5 Å². The summed E-state index contributed by atoms with van der Waals surface area (Å²) in [5.41, 5.74) is 1.25. The molecule has 4 atom stereocenters. The van der Waals surface area contributed by atoms with E-state index >= 15 is 0 Å². The number of isothiocyanates is 1. The van der Waals surface area contributed by atoms with Crippen LogP contribution in [0.1, 0.15) is 52.0 Å². The van der Waals surface area contributed by atoms with Gasteiger partial charge in [-0.15, -0.1) is 0 Å². The van der Waals surface area contributed by atoms with Crippen molar-refractivity contribution in [2.24, 2.45) is 10.9 Å². The Morgan fingerprint density at radius 3 is 2.77 bits per heavy atom. The van der Waals surface area contributed by atoms with Crippen LogP contribution in [0.5, 0.6) is 0 Å². The van der Waals surface area contributed by atoms with E-state index in [1.165, 1.54) is 0 Å². The number of alkyl carbamates (subject to hydrolysis) is 1. The predicted octanol–water partition coefficient (Wildman–Crippen LogP) is 4.24. The first-order valence-corrected chi connectivity index (χ1v) is 9.20. The summed E-state index contributed by atoms with van der Waals surface area (Å²) in [6.07, 6.45) is 4.60. The van der Waals surface area contributed by atoms with E-state index in [9.17, 15) is 4.79 Å². The van der Waals surface area contributed by atoms with Crippen molar-refractivity contribution >= 4 is 29.2 Å². The molecular weight excluding hydrogens is 350 g/mol. The highest BCUT2D eigenvalue weighted by Crippen LogP contribution is 2.40. The van der Waals surface area contributed by atoms with Gasteiger partial charge < -0.3 is 14.8 Å². The molecule has 0 aliphatic heterocycles. The number of rotatable bonds is 4. The molecule has 0 aromatic carbocycles. The van der Waals surface area contributed by atoms with Gasteiger partial charge in [0.15, 0.2) is 0 Å². The number of aromatic nitrogens is 1. The molecule has 0 radical (unpaired) electrons. The van der Waals surface area contributed by atoms with Crippen molar-refractivity contribution < 1.29 is 14.3 Å².